The number of nitrogens with two attached hydrogens (primary N) is 1. The molecule has 0 amide bonds. The lowest BCUT2D eigenvalue weighted by Gasteiger charge is -1.95. The molecule has 0 aromatic carbocycles. The Kier molecular flexibility index (Phi) is 4.45. The van der Waals surface area contributed by atoms with Crippen LogP contribution in [0.3, 0.4) is 0 Å². The van der Waals surface area contributed by atoms with Crippen LogP contribution >= 0.6 is 0 Å². The highest BCUT2D eigenvalue weighted by Crippen LogP contribution is 2.05. The quantitative estimate of drug-likeness (QED) is 0.664. The standard InChI is InChI=1S/C6H6N2O2.C2H6/c7-4-2-1-3-8-5(4)6(9)10;1-2/h1-3H,7H2,(H,9,10);1-2H3. The van der Waals surface area contributed by atoms with Crippen molar-refractivity contribution in [3.8, 4) is 0 Å². The van der Waals surface area contributed by atoms with Crippen molar-refractivity contribution in [1.82, 2.24) is 4.98 Å². The second kappa shape index (κ2) is 5.12. The third-order valence-corrected chi connectivity index (χ3v) is 1.04. The summed E-state index contributed by atoms with van der Waals surface area (Å²) in [4.78, 5) is 13.8. The molecule has 66 valence electrons. The fraction of sp³-hybridized carbons (Fsp3) is 0.250. The van der Waals surface area contributed by atoms with E-state index >= 15 is 0 Å². The van der Waals surface area contributed by atoms with Crippen molar-refractivity contribution < 1.29 is 9.90 Å². The van der Waals surface area contributed by atoms with Gasteiger partial charge >= 0.3 is 5.97 Å². The monoisotopic (exact) mass is 168 g/mol. The molecule has 4 nitrogen and oxygen atoms in total. The summed E-state index contributed by atoms with van der Waals surface area (Å²) >= 11 is 0. The zero-order valence-corrected chi connectivity index (χ0v) is 7.11. The number of nitrogen functional groups attached to an aromatic ring is 1. The van der Waals surface area contributed by atoms with E-state index in [9.17, 15) is 4.79 Å². The number of hydrogen-bond acceptors (Lipinski definition) is 3. The first-order chi connectivity index (χ1) is 5.72. The molecule has 0 radical (unpaired) electrons. The topological polar surface area (TPSA) is 76.2 Å². The lowest BCUT2D eigenvalue weighted by molar-refractivity contribution is 0.0692. The highest BCUT2D eigenvalue weighted by molar-refractivity contribution is 5.90. The predicted octanol–water partition coefficient (Wildman–Crippen LogP) is 1.39. The van der Waals surface area contributed by atoms with E-state index in [0.29, 0.717) is 0 Å². The van der Waals surface area contributed by atoms with E-state index in [1.165, 1.54) is 12.3 Å². The van der Waals surface area contributed by atoms with Crippen LogP contribution in [0, 0.1) is 0 Å². The van der Waals surface area contributed by atoms with E-state index < -0.39 is 5.97 Å². The van der Waals surface area contributed by atoms with Gasteiger partial charge in [0.25, 0.3) is 0 Å². The van der Waals surface area contributed by atoms with E-state index in [1.807, 2.05) is 13.8 Å². The van der Waals surface area contributed by atoms with Crippen LogP contribution in [0.25, 0.3) is 0 Å². The Morgan fingerprint density at radius 2 is 2.17 bits per heavy atom. The van der Waals surface area contributed by atoms with E-state index in [4.69, 9.17) is 10.8 Å². The summed E-state index contributed by atoms with van der Waals surface area (Å²) in [7, 11) is 0. The number of aromatic nitrogens is 1. The molecule has 0 unspecified atom stereocenters. The van der Waals surface area contributed by atoms with Gasteiger partial charge < -0.3 is 10.8 Å². The molecule has 0 aliphatic heterocycles. The average molecular weight is 168 g/mol. The second-order valence-electron chi connectivity index (χ2n) is 1.75. The number of carboxylic acid groups (broad SMARTS) is 1. The van der Waals surface area contributed by atoms with Gasteiger partial charge in [0, 0.05) is 6.20 Å². The first kappa shape index (κ1) is 10.4. The SMILES string of the molecule is CC.Nc1cccnc1C(=O)O. The van der Waals surface area contributed by atoms with Crippen molar-refractivity contribution in [1.29, 1.82) is 0 Å². The number of aromatic carboxylic acids is 1. The van der Waals surface area contributed by atoms with E-state index in [-0.39, 0.29) is 11.4 Å². The minimum atomic E-state index is -1.10. The number of nitrogens with zero attached hydrogens (tertiary/aromatic N) is 1. The fourth-order valence-electron chi connectivity index (χ4n) is 0.596. The summed E-state index contributed by atoms with van der Waals surface area (Å²) in [5.41, 5.74) is 5.37. The fourth-order valence-corrected chi connectivity index (χ4v) is 0.596. The highest BCUT2D eigenvalue weighted by Gasteiger charge is 2.06. The summed E-state index contributed by atoms with van der Waals surface area (Å²) < 4.78 is 0. The van der Waals surface area contributed by atoms with Gasteiger partial charge in [-0.3, -0.25) is 0 Å². The van der Waals surface area contributed by atoms with Crippen LogP contribution in [0.15, 0.2) is 18.3 Å². The first-order valence-electron chi connectivity index (χ1n) is 3.65. The summed E-state index contributed by atoms with van der Waals surface area (Å²) in [5.74, 6) is -1.10. The van der Waals surface area contributed by atoms with Gasteiger partial charge in [0.15, 0.2) is 5.69 Å². The van der Waals surface area contributed by atoms with Gasteiger partial charge in [-0.15, -0.1) is 0 Å². The Morgan fingerprint density at radius 3 is 2.50 bits per heavy atom. The van der Waals surface area contributed by atoms with Crippen LogP contribution in [-0.2, 0) is 0 Å². The summed E-state index contributed by atoms with van der Waals surface area (Å²) in [6, 6.07) is 3.08. The summed E-state index contributed by atoms with van der Waals surface area (Å²) in [5, 5.41) is 8.42. The van der Waals surface area contributed by atoms with Crippen LogP contribution in [0.4, 0.5) is 5.69 Å². The number of anilines is 1. The van der Waals surface area contributed by atoms with Gasteiger partial charge in [-0.05, 0) is 12.1 Å². The molecule has 1 rings (SSSR count). The number of carbonyl (C=O) groups is 1. The maximum Gasteiger partial charge on any atom is 0.356 e. The third-order valence-electron chi connectivity index (χ3n) is 1.04. The molecule has 0 aliphatic rings. The van der Waals surface area contributed by atoms with Crippen LogP contribution < -0.4 is 5.73 Å². The first-order valence-corrected chi connectivity index (χ1v) is 3.65. The van der Waals surface area contributed by atoms with Crippen molar-refractivity contribution in [2.45, 2.75) is 13.8 Å². The van der Waals surface area contributed by atoms with Crippen molar-refractivity contribution in [2.75, 3.05) is 5.73 Å². The Balaban J connectivity index is 0.000000561. The Bertz CT molecular complexity index is 261. The zero-order valence-electron chi connectivity index (χ0n) is 7.11. The lowest BCUT2D eigenvalue weighted by atomic mass is 10.3. The largest absolute Gasteiger partial charge is 0.476 e. The Labute approximate surface area is 71.0 Å². The van der Waals surface area contributed by atoms with Crippen molar-refractivity contribution in [3.63, 3.8) is 0 Å². The molecule has 4 heteroatoms. The van der Waals surface area contributed by atoms with Crippen molar-refractivity contribution in [3.05, 3.63) is 24.0 Å². The van der Waals surface area contributed by atoms with Gasteiger partial charge in [-0.1, -0.05) is 13.8 Å². The molecule has 0 atom stereocenters. The summed E-state index contributed by atoms with van der Waals surface area (Å²) in [6.45, 7) is 4.00. The minimum absolute atomic E-state index is 0.0949. The number of hydrogen-bond donors (Lipinski definition) is 2. The van der Waals surface area contributed by atoms with Crippen LogP contribution in [0.5, 0.6) is 0 Å². The van der Waals surface area contributed by atoms with E-state index in [0.717, 1.165) is 0 Å². The number of carboxylic acids is 1. The normalized spacial score (nSPS) is 8.17. The smallest absolute Gasteiger partial charge is 0.356 e. The van der Waals surface area contributed by atoms with Gasteiger partial charge in [0.05, 0.1) is 5.69 Å². The predicted molar refractivity (Wildman–Crippen MR) is 47.0 cm³/mol. The zero-order chi connectivity index (χ0) is 9.56. The molecule has 0 bridgehead atoms. The average Bonchev–Trinajstić information content (AvgIpc) is 2.08. The van der Waals surface area contributed by atoms with E-state index in [1.54, 1.807) is 6.07 Å². The molecule has 1 aromatic heterocycles. The van der Waals surface area contributed by atoms with E-state index in [2.05, 4.69) is 4.98 Å². The number of pyridine rings is 1. The lowest BCUT2D eigenvalue weighted by Crippen LogP contribution is -2.04. The summed E-state index contributed by atoms with van der Waals surface area (Å²) in [6.07, 6.45) is 1.39. The molecule has 0 fully saturated rings. The maximum atomic E-state index is 10.3. The Morgan fingerprint density at radius 1 is 1.58 bits per heavy atom. The van der Waals surface area contributed by atoms with Crippen LogP contribution in [-0.4, -0.2) is 16.1 Å². The maximum absolute atomic E-state index is 10.3. The number of rotatable bonds is 1. The van der Waals surface area contributed by atoms with Crippen molar-refractivity contribution in [2.24, 2.45) is 0 Å². The molecule has 0 saturated heterocycles. The van der Waals surface area contributed by atoms with Crippen LogP contribution in [0.2, 0.25) is 0 Å². The molecule has 0 spiro atoms. The van der Waals surface area contributed by atoms with Crippen LogP contribution in [0.1, 0.15) is 24.3 Å². The van der Waals surface area contributed by atoms with Crippen molar-refractivity contribution >= 4 is 11.7 Å². The molecule has 0 aliphatic carbocycles. The third kappa shape index (κ3) is 2.57. The molecule has 1 heterocycles. The molecular weight excluding hydrogens is 156 g/mol. The molecule has 0 saturated carbocycles. The molecular formula is C8H12N2O2. The van der Waals surface area contributed by atoms with Gasteiger partial charge in [0.2, 0.25) is 0 Å². The van der Waals surface area contributed by atoms with Gasteiger partial charge in [0.1, 0.15) is 0 Å². The Hall–Kier alpha value is -1.58. The second-order valence-corrected chi connectivity index (χ2v) is 1.75. The minimum Gasteiger partial charge on any atom is -0.476 e. The van der Waals surface area contributed by atoms with Gasteiger partial charge in [-0.2, -0.15) is 0 Å². The molecule has 3 N–H and O–H groups in total. The van der Waals surface area contributed by atoms with Gasteiger partial charge in [-0.25, -0.2) is 9.78 Å². The molecule has 12 heavy (non-hydrogen) atoms. The molecule has 1 aromatic rings. The highest BCUT2D eigenvalue weighted by atomic mass is 16.4.